The predicted octanol–water partition coefficient (Wildman–Crippen LogP) is 1.54. The third-order valence-corrected chi connectivity index (χ3v) is 3.75. The van der Waals surface area contributed by atoms with E-state index in [1.807, 2.05) is 4.90 Å². The number of aromatic nitrogens is 2. The van der Waals surface area contributed by atoms with Gasteiger partial charge in [0.25, 0.3) is 0 Å². The molecular formula is C15H17FN4O2. The van der Waals surface area contributed by atoms with E-state index in [-0.39, 0.29) is 11.7 Å². The summed E-state index contributed by atoms with van der Waals surface area (Å²) in [5.74, 6) is 0.791. The molecule has 2 aromatic rings. The summed E-state index contributed by atoms with van der Waals surface area (Å²) in [5, 5.41) is 3.93. The number of rotatable bonds is 3. The summed E-state index contributed by atoms with van der Waals surface area (Å²) in [6, 6.07) is 5.98. The average Bonchev–Trinajstić information content (AvgIpc) is 2.97. The monoisotopic (exact) mass is 304 g/mol. The molecule has 1 aliphatic heterocycles. The van der Waals surface area contributed by atoms with Crippen LogP contribution in [0, 0.1) is 5.82 Å². The fourth-order valence-corrected chi connectivity index (χ4v) is 2.45. The SMILES string of the molecule is CC(=O)N1CCN(Cc2nc(-c3ccc(F)cc3)no2)CC1. The van der Waals surface area contributed by atoms with Crippen LogP contribution < -0.4 is 0 Å². The molecule has 1 aliphatic rings. The van der Waals surface area contributed by atoms with Crippen LogP contribution in [0.15, 0.2) is 28.8 Å². The Hall–Kier alpha value is -2.28. The Kier molecular flexibility index (Phi) is 4.15. The lowest BCUT2D eigenvalue weighted by Crippen LogP contribution is -2.47. The zero-order valence-corrected chi connectivity index (χ0v) is 12.3. The number of amides is 1. The van der Waals surface area contributed by atoms with Gasteiger partial charge < -0.3 is 9.42 Å². The molecule has 22 heavy (non-hydrogen) atoms. The number of nitrogens with zero attached hydrogens (tertiary/aromatic N) is 4. The molecule has 0 N–H and O–H groups in total. The van der Waals surface area contributed by atoms with E-state index in [9.17, 15) is 9.18 Å². The van der Waals surface area contributed by atoms with Crippen molar-refractivity contribution in [3.05, 3.63) is 36.0 Å². The molecule has 1 amide bonds. The topological polar surface area (TPSA) is 62.5 Å². The minimum absolute atomic E-state index is 0.107. The molecule has 0 bridgehead atoms. The first-order valence-corrected chi connectivity index (χ1v) is 7.18. The molecule has 6 nitrogen and oxygen atoms in total. The first kappa shape index (κ1) is 14.6. The van der Waals surface area contributed by atoms with Crippen molar-refractivity contribution >= 4 is 5.91 Å². The molecule has 0 atom stereocenters. The van der Waals surface area contributed by atoms with Gasteiger partial charge in [0.15, 0.2) is 0 Å². The molecule has 0 radical (unpaired) electrons. The fourth-order valence-electron chi connectivity index (χ4n) is 2.45. The van der Waals surface area contributed by atoms with Crippen LogP contribution in [0.2, 0.25) is 0 Å². The van der Waals surface area contributed by atoms with Crippen molar-refractivity contribution in [1.82, 2.24) is 19.9 Å². The Bertz CT molecular complexity index is 648. The van der Waals surface area contributed by atoms with Gasteiger partial charge in [0.1, 0.15) is 5.82 Å². The van der Waals surface area contributed by atoms with Crippen molar-refractivity contribution in [2.24, 2.45) is 0 Å². The molecule has 1 aromatic heterocycles. The van der Waals surface area contributed by atoms with Crippen LogP contribution in [-0.2, 0) is 11.3 Å². The number of hydrogen-bond acceptors (Lipinski definition) is 5. The molecule has 116 valence electrons. The highest BCUT2D eigenvalue weighted by Gasteiger charge is 2.20. The molecule has 0 unspecified atom stereocenters. The largest absolute Gasteiger partial charge is 0.340 e. The highest BCUT2D eigenvalue weighted by Crippen LogP contribution is 2.17. The van der Waals surface area contributed by atoms with Crippen molar-refractivity contribution < 1.29 is 13.7 Å². The van der Waals surface area contributed by atoms with Crippen LogP contribution in [0.5, 0.6) is 0 Å². The second kappa shape index (κ2) is 6.23. The maximum atomic E-state index is 12.9. The van der Waals surface area contributed by atoms with Crippen molar-refractivity contribution in [3.8, 4) is 11.4 Å². The summed E-state index contributed by atoms with van der Waals surface area (Å²) < 4.78 is 18.2. The van der Waals surface area contributed by atoms with Crippen molar-refractivity contribution in [3.63, 3.8) is 0 Å². The van der Waals surface area contributed by atoms with Crippen molar-refractivity contribution in [2.45, 2.75) is 13.5 Å². The Labute approximate surface area is 127 Å². The van der Waals surface area contributed by atoms with Gasteiger partial charge in [-0.3, -0.25) is 9.69 Å². The smallest absolute Gasteiger partial charge is 0.241 e. The van der Waals surface area contributed by atoms with Crippen LogP contribution in [0.25, 0.3) is 11.4 Å². The summed E-state index contributed by atoms with van der Waals surface area (Å²) in [5.41, 5.74) is 0.720. The zero-order chi connectivity index (χ0) is 15.5. The lowest BCUT2D eigenvalue weighted by molar-refractivity contribution is -0.130. The number of hydrogen-bond donors (Lipinski definition) is 0. The van der Waals surface area contributed by atoms with E-state index in [0.29, 0.717) is 31.3 Å². The Balaban J connectivity index is 1.60. The van der Waals surface area contributed by atoms with E-state index in [1.54, 1.807) is 19.1 Å². The van der Waals surface area contributed by atoms with Crippen molar-refractivity contribution in [2.75, 3.05) is 26.2 Å². The Morgan fingerprint density at radius 2 is 1.91 bits per heavy atom. The maximum Gasteiger partial charge on any atom is 0.241 e. The van der Waals surface area contributed by atoms with Crippen molar-refractivity contribution in [1.29, 1.82) is 0 Å². The number of carbonyl (C=O) groups excluding carboxylic acids is 1. The van der Waals surface area contributed by atoms with E-state index in [4.69, 9.17) is 4.52 Å². The van der Waals surface area contributed by atoms with Crippen LogP contribution in [0.3, 0.4) is 0 Å². The third kappa shape index (κ3) is 3.30. The summed E-state index contributed by atoms with van der Waals surface area (Å²) in [6.45, 7) is 5.15. The predicted molar refractivity (Wildman–Crippen MR) is 77.2 cm³/mol. The molecule has 1 fully saturated rings. The van der Waals surface area contributed by atoms with E-state index in [1.165, 1.54) is 12.1 Å². The number of piperazine rings is 1. The molecular weight excluding hydrogens is 287 g/mol. The quantitative estimate of drug-likeness (QED) is 0.861. The molecule has 0 spiro atoms. The number of benzene rings is 1. The molecule has 7 heteroatoms. The third-order valence-electron chi connectivity index (χ3n) is 3.75. The van der Waals surface area contributed by atoms with E-state index in [0.717, 1.165) is 18.7 Å². The van der Waals surface area contributed by atoms with Gasteiger partial charge in [0.2, 0.25) is 17.6 Å². The van der Waals surface area contributed by atoms with Gasteiger partial charge in [-0.05, 0) is 24.3 Å². The number of carbonyl (C=O) groups is 1. The van der Waals surface area contributed by atoms with Gasteiger partial charge in [-0.1, -0.05) is 5.16 Å². The van der Waals surface area contributed by atoms with Crippen LogP contribution in [-0.4, -0.2) is 52.0 Å². The van der Waals surface area contributed by atoms with Crippen LogP contribution >= 0.6 is 0 Å². The standard InChI is InChI=1S/C15H17FN4O2/c1-11(21)20-8-6-19(7-9-20)10-14-17-15(18-22-14)12-2-4-13(16)5-3-12/h2-5H,6-10H2,1H3. The number of halogens is 1. The zero-order valence-electron chi connectivity index (χ0n) is 12.3. The van der Waals surface area contributed by atoms with Gasteiger partial charge in [-0.15, -0.1) is 0 Å². The minimum atomic E-state index is -0.296. The van der Waals surface area contributed by atoms with E-state index in [2.05, 4.69) is 15.0 Å². The molecule has 0 aliphatic carbocycles. The van der Waals surface area contributed by atoms with Gasteiger partial charge in [-0.2, -0.15) is 4.98 Å². The first-order chi connectivity index (χ1) is 10.6. The molecule has 1 saturated heterocycles. The summed E-state index contributed by atoms with van der Waals surface area (Å²) in [4.78, 5) is 19.6. The first-order valence-electron chi connectivity index (χ1n) is 7.18. The second-order valence-corrected chi connectivity index (χ2v) is 5.30. The van der Waals surface area contributed by atoms with Gasteiger partial charge in [0, 0.05) is 38.7 Å². The lowest BCUT2D eigenvalue weighted by atomic mass is 10.2. The van der Waals surface area contributed by atoms with Gasteiger partial charge >= 0.3 is 0 Å². The van der Waals surface area contributed by atoms with E-state index >= 15 is 0 Å². The molecule has 2 heterocycles. The van der Waals surface area contributed by atoms with E-state index < -0.39 is 0 Å². The normalized spacial score (nSPS) is 16.0. The lowest BCUT2D eigenvalue weighted by Gasteiger charge is -2.33. The summed E-state index contributed by atoms with van der Waals surface area (Å²) in [6.07, 6.45) is 0. The highest BCUT2D eigenvalue weighted by atomic mass is 19.1. The van der Waals surface area contributed by atoms with Gasteiger partial charge in [0.05, 0.1) is 6.54 Å². The molecule has 0 saturated carbocycles. The Morgan fingerprint density at radius 1 is 1.23 bits per heavy atom. The fraction of sp³-hybridized carbons (Fsp3) is 0.400. The summed E-state index contributed by atoms with van der Waals surface area (Å²) >= 11 is 0. The second-order valence-electron chi connectivity index (χ2n) is 5.30. The van der Waals surface area contributed by atoms with Gasteiger partial charge in [-0.25, -0.2) is 4.39 Å². The summed E-state index contributed by atoms with van der Waals surface area (Å²) in [7, 11) is 0. The molecule has 3 rings (SSSR count). The van der Waals surface area contributed by atoms with Crippen LogP contribution in [0.1, 0.15) is 12.8 Å². The average molecular weight is 304 g/mol. The minimum Gasteiger partial charge on any atom is -0.340 e. The molecule has 1 aromatic carbocycles. The Morgan fingerprint density at radius 3 is 2.55 bits per heavy atom. The highest BCUT2D eigenvalue weighted by molar-refractivity contribution is 5.73. The van der Waals surface area contributed by atoms with Crippen LogP contribution in [0.4, 0.5) is 4.39 Å². The maximum absolute atomic E-state index is 12.9.